The van der Waals surface area contributed by atoms with E-state index in [2.05, 4.69) is 6.92 Å². The Hall–Kier alpha value is -0.990. The molecule has 3 heteroatoms. The van der Waals surface area contributed by atoms with Crippen molar-refractivity contribution in [3.8, 4) is 0 Å². The molecule has 0 fully saturated rings. The Labute approximate surface area is 94.5 Å². The number of hydrogen-bond donors (Lipinski definition) is 0. The Kier molecular flexibility index (Phi) is 4.84. The topological polar surface area (TPSA) is 0 Å². The summed E-state index contributed by atoms with van der Waals surface area (Å²) in [6, 6.07) is 5.48. The number of hydrogen-bond acceptors (Lipinski definition) is 0. The molecule has 0 aromatic heterocycles. The maximum atomic E-state index is 12.3. The molecule has 0 aliphatic carbocycles. The molecule has 0 heterocycles. The van der Waals surface area contributed by atoms with Crippen LogP contribution < -0.4 is 0 Å². The van der Waals surface area contributed by atoms with Crippen molar-refractivity contribution in [2.75, 3.05) is 0 Å². The zero-order chi connectivity index (χ0) is 12.0. The number of alkyl halides is 3. The molecule has 0 nitrogen and oxygen atoms in total. The van der Waals surface area contributed by atoms with Gasteiger partial charge in [0.2, 0.25) is 0 Å². The molecular weight excluding hydrogens is 213 g/mol. The average Bonchev–Trinajstić information content (AvgIpc) is 2.24. The van der Waals surface area contributed by atoms with Crippen molar-refractivity contribution in [2.45, 2.75) is 45.2 Å². The average molecular weight is 230 g/mol. The number of benzene rings is 1. The van der Waals surface area contributed by atoms with Crippen molar-refractivity contribution in [2.24, 2.45) is 0 Å². The minimum atomic E-state index is -4.22. The monoisotopic (exact) mass is 230 g/mol. The lowest BCUT2D eigenvalue weighted by molar-refractivity contribution is -0.137. The lowest BCUT2D eigenvalue weighted by Crippen LogP contribution is -2.04. The molecule has 16 heavy (non-hydrogen) atoms. The summed E-state index contributed by atoms with van der Waals surface area (Å²) >= 11 is 0. The van der Waals surface area contributed by atoms with Gasteiger partial charge in [0.15, 0.2) is 0 Å². The summed E-state index contributed by atoms with van der Waals surface area (Å²) in [6.45, 7) is 2.14. The first-order chi connectivity index (χ1) is 7.54. The standard InChI is InChI=1S/C13H17F3/c1-2-3-4-5-6-11-7-9-12(10-8-11)13(14,15)16/h7-10H,2-6H2,1H3. The van der Waals surface area contributed by atoms with Crippen molar-refractivity contribution in [3.05, 3.63) is 35.4 Å². The fraction of sp³-hybridized carbons (Fsp3) is 0.538. The smallest absolute Gasteiger partial charge is 0.166 e. The molecule has 0 spiro atoms. The third kappa shape index (κ3) is 4.25. The Balaban J connectivity index is 2.46. The molecule has 1 aromatic rings. The molecule has 0 radical (unpaired) electrons. The van der Waals surface area contributed by atoms with Gasteiger partial charge in [-0.05, 0) is 30.5 Å². The highest BCUT2D eigenvalue weighted by Crippen LogP contribution is 2.29. The van der Waals surface area contributed by atoms with E-state index < -0.39 is 11.7 Å². The van der Waals surface area contributed by atoms with Gasteiger partial charge in [-0.2, -0.15) is 13.2 Å². The molecule has 0 saturated carbocycles. The molecular formula is C13H17F3. The molecule has 0 atom stereocenters. The second kappa shape index (κ2) is 5.92. The fourth-order valence-corrected chi connectivity index (χ4v) is 1.62. The Morgan fingerprint density at radius 1 is 0.938 bits per heavy atom. The summed E-state index contributed by atoms with van der Waals surface area (Å²) in [5.74, 6) is 0. The van der Waals surface area contributed by atoms with E-state index >= 15 is 0 Å². The van der Waals surface area contributed by atoms with Crippen LogP contribution in [0.2, 0.25) is 0 Å². The summed E-state index contributed by atoms with van der Waals surface area (Å²) in [6.07, 6.45) is 1.23. The number of halogens is 3. The second-order valence-corrected chi connectivity index (χ2v) is 4.01. The van der Waals surface area contributed by atoms with Crippen molar-refractivity contribution in [3.63, 3.8) is 0 Å². The third-order valence-electron chi connectivity index (χ3n) is 2.60. The van der Waals surface area contributed by atoms with Crippen LogP contribution in [0, 0.1) is 0 Å². The van der Waals surface area contributed by atoms with Gasteiger partial charge in [0.05, 0.1) is 5.56 Å². The first kappa shape index (κ1) is 13.1. The van der Waals surface area contributed by atoms with Crippen LogP contribution in [0.1, 0.15) is 43.7 Å². The van der Waals surface area contributed by atoms with Crippen molar-refractivity contribution >= 4 is 0 Å². The van der Waals surface area contributed by atoms with E-state index in [4.69, 9.17) is 0 Å². The minimum Gasteiger partial charge on any atom is -0.166 e. The number of aryl methyl sites for hydroxylation is 1. The van der Waals surface area contributed by atoms with Crippen LogP contribution in [-0.2, 0) is 12.6 Å². The molecule has 0 aliphatic rings. The first-order valence-corrected chi connectivity index (χ1v) is 5.70. The first-order valence-electron chi connectivity index (χ1n) is 5.70. The van der Waals surface area contributed by atoms with Crippen molar-refractivity contribution < 1.29 is 13.2 Å². The highest BCUT2D eigenvalue weighted by molar-refractivity contribution is 5.24. The molecule has 1 aromatic carbocycles. The quantitative estimate of drug-likeness (QED) is 0.635. The van der Waals surface area contributed by atoms with E-state index in [1.54, 1.807) is 12.1 Å². The van der Waals surface area contributed by atoms with E-state index in [1.807, 2.05) is 0 Å². The second-order valence-electron chi connectivity index (χ2n) is 4.01. The predicted molar refractivity (Wildman–Crippen MR) is 59.3 cm³/mol. The lowest BCUT2D eigenvalue weighted by atomic mass is 10.0. The van der Waals surface area contributed by atoms with Crippen LogP contribution in [0.4, 0.5) is 13.2 Å². The Morgan fingerprint density at radius 3 is 2.06 bits per heavy atom. The molecule has 0 unspecified atom stereocenters. The van der Waals surface area contributed by atoms with Gasteiger partial charge in [-0.25, -0.2) is 0 Å². The van der Waals surface area contributed by atoms with Gasteiger partial charge in [-0.15, -0.1) is 0 Å². The Morgan fingerprint density at radius 2 is 1.56 bits per heavy atom. The summed E-state index contributed by atoms with van der Waals surface area (Å²) in [7, 11) is 0. The lowest BCUT2D eigenvalue weighted by Gasteiger charge is -2.07. The summed E-state index contributed by atoms with van der Waals surface area (Å²) in [4.78, 5) is 0. The van der Waals surface area contributed by atoms with Crippen LogP contribution in [0.5, 0.6) is 0 Å². The van der Waals surface area contributed by atoms with Crippen molar-refractivity contribution in [1.29, 1.82) is 0 Å². The number of unbranched alkanes of at least 4 members (excludes halogenated alkanes) is 3. The van der Waals surface area contributed by atoms with Gasteiger partial charge < -0.3 is 0 Å². The number of rotatable bonds is 5. The van der Waals surface area contributed by atoms with Crippen LogP contribution >= 0.6 is 0 Å². The van der Waals surface area contributed by atoms with Crippen LogP contribution in [0.15, 0.2) is 24.3 Å². The highest BCUT2D eigenvalue weighted by atomic mass is 19.4. The molecule has 0 N–H and O–H groups in total. The van der Waals surface area contributed by atoms with Crippen molar-refractivity contribution in [1.82, 2.24) is 0 Å². The highest BCUT2D eigenvalue weighted by Gasteiger charge is 2.29. The molecule has 0 saturated heterocycles. The SMILES string of the molecule is CCCCCCc1ccc(C(F)(F)F)cc1. The maximum Gasteiger partial charge on any atom is 0.416 e. The van der Waals surface area contributed by atoms with Gasteiger partial charge in [-0.3, -0.25) is 0 Å². The van der Waals surface area contributed by atoms with E-state index in [0.717, 1.165) is 37.0 Å². The Bertz CT molecular complexity index is 298. The summed E-state index contributed by atoms with van der Waals surface area (Å²) in [5.41, 5.74) is 0.425. The predicted octanol–water partition coefficient (Wildman–Crippen LogP) is 4.83. The molecule has 0 amide bonds. The summed E-state index contributed by atoms with van der Waals surface area (Å²) in [5, 5.41) is 0. The third-order valence-corrected chi connectivity index (χ3v) is 2.60. The normalized spacial score (nSPS) is 11.8. The van der Waals surface area contributed by atoms with Crippen LogP contribution in [0.3, 0.4) is 0 Å². The maximum absolute atomic E-state index is 12.3. The molecule has 1 rings (SSSR count). The fourth-order valence-electron chi connectivity index (χ4n) is 1.62. The van der Waals surface area contributed by atoms with Gasteiger partial charge in [0, 0.05) is 0 Å². The zero-order valence-corrected chi connectivity index (χ0v) is 9.48. The van der Waals surface area contributed by atoms with Gasteiger partial charge >= 0.3 is 6.18 Å². The summed E-state index contributed by atoms with van der Waals surface area (Å²) < 4.78 is 36.8. The zero-order valence-electron chi connectivity index (χ0n) is 9.48. The molecule has 90 valence electrons. The van der Waals surface area contributed by atoms with E-state index in [-0.39, 0.29) is 0 Å². The molecule has 0 bridgehead atoms. The molecule has 0 aliphatic heterocycles. The van der Waals surface area contributed by atoms with Gasteiger partial charge in [0.1, 0.15) is 0 Å². The van der Waals surface area contributed by atoms with Crippen LogP contribution in [0.25, 0.3) is 0 Å². The minimum absolute atomic E-state index is 0.565. The largest absolute Gasteiger partial charge is 0.416 e. The van der Waals surface area contributed by atoms with E-state index in [9.17, 15) is 13.2 Å². The van der Waals surface area contributed by atoms with E-state index in [0.29, 0.717) is 0 Å². The van der Waals surface area contributed by atoms with Gasteiger partial charge in [0.25, 0.3) is 0 Å². The van der Waals surface area contributed by atoms with E-state index in [1.165, 1.54) is 12.8 Å². The van der Waals surface area contributed by atoms with Crippen LogP contribution in [-0.4, -0.2) is 0 Å². The van der Waals surface area contributed by atoms with Gasteiger partial charge in [-0.1, -0.05) is 38.3 Å².